The quantitative estimate of drug-likeness (QED) is 0.107. The van der Waals surface area contributed by atoms with E-state index in [1.807, 2.05) is 24.3 Å². The van der Waals surface area contributed by atoms with Gasteiger partial charge in [-0.25, -0.2) is 0 Å². The van der Waals surface area contributed by atoms with E-state index in [0.717, 1.165) is 84.4 Å². The number of hydrogen-bond acceptors (Lipinski definition) is 4. The maximum absolute atomic E-state index is 6.24. The van der Waals surface area contributed by atoms with E-state index >= 15 is 0 Å². The van der Waals surface area contributed by atoms with Crippen LogP contribution >= 0.6 is 0 Å². The van der Waals surface area contributed by atoms with Crippen LogP contribution in [-0.4, -0.2) is 32.8 Å². The summed E-state index contributed by atoms with van der Waals surface area (Å²) >= 11 is -1.86. The van der Waals surface area contributed by atoms with Crippen LogP contribution in [0.5, 0.6) is 0 Å². The summed E-state index contributed by atoms with van der Waals surface area (Å²) in [6.45, 7) is 15.8. The van der Waals surface area contributed by atoms with Gasteiger partial charge >= 0.3 is 126 Å². The second kappa shape index (κ2) is 20.0. The van der Waals surface area contributed by atoms with E-state index in [9.17, 15) is 0 Å². The Morgan fingerprint density at radius 2 is 1.34 bits per heavy atom. The van der Waals surface area contributed by atoms with E-state index in [-0.39, 0.29) is 25.5 Å². The molecule has 4 heterocycles. The summed E-state index contributed by atoms with van der Waals surface area (Å²) in [5.41, 5.74) is 15.9. The van der Waals surface area contributed by atoms with Crippen LogP contribution in [0, 0.1) is 18.2 Å². The molecule has 4 aromatic heterocycles. The molecule has 0 aliphatic carbocycles. The summed E-state index contributed by atoms with van der Waals surface area (Å²) in [6, 6.07) is 56.7. The molecule has 68 heavy (non-hydrogen) atoms. The number of imidazole rings is 1. The molecule has 0 fully saturated rings. The molecule has 0 bridgehead atoms. The summed E-state index contributed by atoms with van der Waals surface area (Å²) in [7, 11) is 0. The molecule has 0 spiro atoms. The van der Waals surface area contributed by atoms with Crippen LogP contribution in [0.2, 0.25) is 17.3 Å². The van der Waals surface area contributed by atoms with Gasteiger partial charge < -0.3 is 14.0 Å². The van der Waals surface area contributed by atoms with Gasteiger partial charge in [0.2, 0.25) is 0 Å². The van der Waals surface area contributed by atoms with Gasteiger partial charge in [0.15, 0.2) is 0 Å². The van der Waals surface area contributed by atoms with Crippen molar-refractivity contribution in [3.05, 3.63) is 187 Å². The maximum Gasteiger partial charge on any atom is 0.141 e. The Morgan fingerprint density at radius 3 is 1.94 bits per heavy atom. The fourth-order valence-corrected chi connectivity index (χ4v) is 12.3. The fraction of sp³-hybridized carbons (Fsp3) is 0.230. The molecule has 0 saturated carbocycles. The van der Waals surface area contributed by atoms with Gasteiger partial charge in [0.1, 0.15) is 11.3 Å². The maximum atomic E-state index is 6.24. The van der Waals surface area contributed by atoms with Crippen molar-refractivity contribution in [3.8, 4) is 50.6 Å². The third-order valence-corrected chi connectivity index (χ3v) is 16.9. The molecular formula is C61H60GeIrN4O-2. The zero-order chi connectivity index (χ0) is 47.0. The van der Waals surface area contributed by atoms with E-state index in [1.165, 1.54) is 16.7 Å². The Bertz CT molecular complexity index is 3280. The molecule has 0 saturated heterocycles. The molecule has 0 unspecified atom stereocenters. The van der Waals surface area contributed by atoms with Crippen LogP contribution in [0.4, 0.5) is 0 Å². The van der Waals surface area contributed by atoms with Crippen molar-refractivity contribution >= 4 is 50.8 Å². The van der Waals surface area contributed by atoms with Gasteiger partial charge in [-0.2, -0.15) is 0 Å². The van der Waals surface area contributed by atoms with Gasteiger partial charge in [0.05, 0.1) is 22.5 Å². The Balaban J connectivity index is 0.000000251. The predicted molar refractivity (Wildman–Crippen MR) is 284 cm³/mol. The number of rotatable bonds is 9. The normalized spacial score (nSPS) is 11.9. The summed E-state index contributed by atoms with van der Waals surface area (Å²) < 4.78 is 10.1. The van der Waals surface area contributed by atoms with Gasteiger partial charge in [0, 0.05) is 36.6 Å². The first-order chi connectivity index (χ1) is 32.1. The zero-order valence-electron chi connectivity index (χ0n) is 40.9. The summed E-state index contributed by atoms with van der Waals surface area (Å²) in [6.07, 6.45) is 6.60. The topological polar surface area (TPSA) is 56.7 Å². The van der Waals surface area contributed by atoms with E-state index in [4.69, 9.17) is 19.4 Å². The molecule has 10 aromatic rings. The second-order valence-corrected chi connectivity index (χ2v) is 31.1. The summed E-state index contributed by atoms with van der Waals surface area (Å²) in [4.78, 5) is 14.7. The van der Waals surface area contributed by atoms with Crippen LogP contribution in [0.3, 0.4) is 0 Å². The Kier molecular flexibility index (Phi) is 14.3. The monoisotopic (exact) mass is 1130 g/mol. The number of pyridine rings is 2. The van der Waals surface area contributed by atoms with Crippen LogP contribution in [-0.2, 0) is 31.9 Å². The second-order valence-electron chi connectivity index (χ2n) is 20.5. The average Bonchev–Trinajstić information content (AvgIpc) is 3.89. The van der Waals surface area contributed by atoms with Gasteiger partial charge in [-0.1, -0.05) is 125 Å². The first-order valence-electron chi connectivity index (χ1n) is 23.6. The van der Waals surface area contributed by atoms with E-state index < -0.39 is 13.3 Å². The van der Waals surface area contributed by atoms with Gasteiger partial charge in [-0.05, 0) is 75.5 Å². The van der Waals surface area contributed by atoms with Crippen LogP contribution in [0.15, 0.2) is 162 Å². The molecule has 5 nitrogen and oxygen atoms in total. The van der Waals surface area contributed by atoms with Crippen LogP contribution < -0.4 is 4.40 Å². The molecule has 10 rings (SSSR count). The Labute approximate surface area is 418 Å². The predicted octanol–water partition coefficient (Wildman–Crippen LogP) is 15.8. The van der Waals surface area contributed by atoms with Gasteiger partial charge in [0.25, 0.3) is 0 Å². The van der Waals surface area contributed by atoms with Crippen LogP contribution in [0.25, 0.3) is 83.7 Å². The summed E-state index contributed by atoms with van der Waals surface area (Å²) in [5, 5.41) is 2.00. The molecule has 0 atom stereocenters. The minimum atomic E-state index is -1.86. The van der Waals surface area contributed by atoms with E-state index in [1.54, 1.807) is 4.40 Å². The van der Waals surface area contributed by atoms with Gasteiger partial charge in [-0.3, -0.25) is 4.98 Å². The minimum absolute atomic E-state index is 0. The number of benzene rings is 6. The third kappa shape index (κ3) is 10.1. The number of fused-ring (bicyclic) bond motifs is 4. The number of nitrogens with zero attached hydrogens (tertiary/aromatic N) is 4. The number of furan rings is 1. The van der Waals surface area contributed by atoms with Crippen molar-refractivity contribution in [1.29, 1.82) is 0 Å². The average molecular weight is 1130 g/mol. The van der Waals surface area contributed by atoms with Crippen molar-refractivity contribution < 1.29 is 24.5 Å². The van der Waals surface area contributed by atoms with Crippen LogP contribution in [0.1, 0.15) is 71.1 Å². The Morgan fingerprint density at radius 1 is 0.691 bits per heavy atom. The van der Waals surface area contributed by atoms with Crippen molar-refractivity contribution in [3.63, 3.8) is 0 Å². The number of aromatic nitrogens is 4. The molecule has 6 aromatic carbocycles. The molecule has 0 amide bonds. The van der Waals surface area contributed by atoms with Crippen molar-refractivity contribution in [1.82, 2.24) is 19.5 Å². The smallest absolute Gasteiger partial charge is 0.141 e. The molecule has 7 heteroatoms. The molecule has 1 radical (unpaired) electrons. The first-order valence-corrected chi connectivity index (χ1v) is 31.0. The Hall–Kier alpha value is -5.92. The third-order valence-electron chi connectivity index (χ3n) is 12.5. The van der Waals surface area contributed by atoms with E-state index in [0.29, 0.717) is 17.5 Å². The van der Waals surface area contributed by atoms with Gasteiger partial charge in [-0.15, -0.1) is 6.07 Å². The summed E-state index contributed by atoms with van der Waals surface area (Å²) in [5.74, 6) is 9.18. The van der Waals surface area contributed by atoms with E-state index in [2.05, 4.69) is 216 Å². The van der Waals surface area contributed by atoms with Crippen molar-refractivity contribution in [2.75, 3.05) is 0 Å². The SMILES string of the molecule is CC(C)Cc1cc(-c2[c-]cccc2)nc[c]1[Ge]([CH3])([CH3])[CH3].CC(C)c1ccc2c(c1)oc1n[c-]c(-c3nc4ccccc4n3-c3c(-c4ccccc4)cc(C(C)(C)C)cc3-c3ccccc3)cc12.[Ir]. The molecular weight excluding hydrogens is 1070 g/mol. The molecule has 0 aliphatic rings. The molecule has 0 N–H and O–H groups in total. The number of hydrogen-bond donors (Lipinski definition) is 0. The molecule has 0 aliphatic heterocycles. The fourth-order valence-electron chi connectivity index (χ4n) is 9.00. The molecule has 345 valence electrons. The first kappa shape index (κ1) is 48.5. The largest absolute Gasteiger partial charge is 0.483 e. The van der Waals surface area contributed by atoms with Crippen molar-refractivity contribution in [2.45, 2.75) is 83.5 Å². The number of para-hydroxylation sites is 2. The minimum Gasteiger partial charge on any atom is -0.483 e. The standard InChI is InChI=1S/C43H36N3O.C18H24GeN.Ir/c1-27(2)30-20-21-33-36-22-31(26-44-42(36)47-39(33)23-30)41-45-37-18-12-13-19-38(37)46(41)40-34(28-14-8-6-9-15-28)24-32(43(3,4)5)25-35(40)29-16-10-7-11-17-29;1-14(2)11-16-12-18(15-9-7-6-8-10-15)20-13-17(16)19(3,4)5;/h6-25,27H,1-5H3;6-9,12-14H,11H2,1-5H3;/q2*-1;. The van der Waals surface area contributed by atoms with Crippen molar-refractivity contribution in [2.24, 2.45) is 5.92 Å². The zero-order valence-corrected chi connectivity index (χ0v) is 45.4.